The first-order valence-corrected chi connectivity index (χ1v) is 11.3. The number of anilines is 1. The number of phenolic OH excluding ortho intramolecular Hbond substituents is 1. The number of nitrogens with zero attached hydrogens (tertiary/aromatic N) is 2. The predicted octanol–water partition coefficient (Wildman–Crippen LogP) is 0.873. The van der Waals surface area contributed by atoms with Gasteiger partial charge < -0.3 is 19.8 Å². The van der Waals surface area contributed by atoms with E-state index in [1.165, 1.54) is 31.1 Å². The van der Waals surface area contributed by atoms with Crippen LogP contribution >= 0.6 is 11.3 Å². The zero-order valence-corrected chi connectivity index (χ0v) is 18.1. The van der Waals surface area contributed by atoms with Crippen molar-refractivity contribution in [1.82, 2.24) is 0 Å². The van der Waals surface area contributed by atoms with Crippen molar-refractivity contribution in [3.05, 3.63) is 46.2 Å². The highest BCUT2D eigenvalue weighted by atomic mass is 32.1. The van der Waals surface area contributed by atoms with E-state index < -0.39 is 0 Å². The Morgan fingerprint density at radius 1 is 1.18 bits per heavy atom. The van der Waals surface area contributed by atoms with E-state index in [4.69, 9.17) is 4.99 Å². The molecule has 1 aromatic carbocycles. The molecule has 1 aliphatic heterocycles. The quantitative estimate of drug-likeness (QED) is 0.574. The van der Waals surface area contributed by atoms with Crippen molar-refractivity contribution in [3.63, 3.8) is 0 Å². The third kappa shape index (κ3) is 5.13. The lowest BCUT2D eigenvalue weighted by Crippen LogP contribution is -3.27. The van der Waals surface area contributed by atoms with E-state index in [9.17, 15) is 5.11 Å². The third-order valence-electron chi connectivity index (χ3n) is 5.79. The van der Waals surface area contributed by atoms with Crippen LogP contribution in [0.15, 0.2) is 40.7 Å². The van der Waals surface area contributed by atoms with Gasteiger partial charge in [0.05, 0.1) is 18.5 Å². The predicted molar refractivity (Wildman–Crippen MR) is 119 cm³/mol. The van der Waals surface area contributed by atoms with E-state index in [2.05, 4.69) is 49.4 Å². The van der Waals surface area contributed by atoms with Crippen LogP contribution in [0.5, 0.6) is 5.75 Å². The number of quaternary nitrogens is 2. The number of benzene rings is 1. The zero-order valence-electron chi connectivity index (χ0n) is 17.3. The molecule has 0 amide bonds. The van der Waals surface area contributed by atoms with Gasteiger partial charge in [-0.2, -0.15) is 0 Å². The number of likely N-dealkylation sites (N-methyl/N-ethyl adjacent to an activating group) is 1. The fourth-order valence-corrected chi connectivity index (χ4v) is 4.82. The summed E-state index contributed by atoms with van der Waals surface area (Å²) in [5.74, 6) is 0.302. The van der Waals surface area contributed by atoms with Crippen molar-refractivity contribution in [1.29, 1.82) is 0 Å². The lowest BCUT2D eigenvalue weighted by atomic mass is 10.1. The number of rotatable bonds is 8. The molecule has 1 atom stereocenters. The van der Waals surface area contributed by atoms with Crippen LogP contribution in [0.3, 0.4) is 0 Å². The number of aliphatic imine (C=N–C) groups is 1. The van der Waals surface area contributed by atoms with Crippen LogP contribution in [0.1, 0.15) is 30.3 Å². The molecule has 152 valence electrons. The van der Waals surface area contributed by atoms with Crippen molar-refractivity contribution < 1.29 is 14.9 Å². The summed E-state index contributed by atoms with van der Waals surface area (Å²) in [6.45, 7) is 11.7. The molecule has 0 spiro atoms. The summed E-state index contributed by atoms with van der Waals surface area (Å²) in [5, 5.41) is 12.6. The van der Waals surface area contributed by atoms with E-state index in [-0.39, 0.29) is 0 Å². The maximum absolute atomic E-state index is 10.4. The van der Waals surface area contributed by atoms with Gasteiger partial charge in [0.2, 0.25) is 0 Å². The van der Waals surface area contributed by atoms with Gasteiger partial charge in [-0.15, -0.1) is 11.3 Å². The molecule has 3 rings (SSSR count). The third-order valence-corrected chi connectivity index (χ3v) is 6.77. The fourth-order valence-electron chi connectivity index (χ4n) is 3.94. The SMILES string of the molecule is CCN(CC)c1ccc(C=NC[C@@H](c2cccs2)[NH+]2CC[NH+](C)CC2)c(O)c1. The summed E-state index contributed by atoms with van der Waals surface area (Å²) in [6, 6.07) is 10.7. The average molecular weight is 403 g/mol. The maximum atomic E-state index is 10.4. The molecule has 2 aromatic rings. The first-order chi connectivity index (χ1) is 13.6. The molecule has 1 fully saturated rings. The minimum absolute atomic E-state index is 0.302. The smallest absolute Gasteiger partial charge is 0.142 e. The molecule has 6 heteroatoms. The fraction of sp³-hybridized carbons (Fsp3) is 0.500. The molecular weight excluding hydrogens is 368 g/mol. The Morgan fingerprint density at radius 2 is 1.93 bits per heavy atom. The van der Waals surface area contributed by atoms with Gasteiger partial charge in [0.1, 0.15) is 38.0 Å². The Bertz CT molecular complexity index is 750. The molecule has 0 aliphatic carbocycles. The minimum Gasteiger partial charge on any atom is -0.507 e. The molecule has 1 saturated heterocycles. The molecule has 1 aromatic heterocycles. The number of hydrogen-bond acceptors (Lipinski definition) is 4. The standard InChI is InChI=1S/C22H32N4OS/c1-4-25(5-2)19-9-8-18(21(27)15-19)16-23-17-20(22-7-6-14-28-22)26-12-10-24(3)11-13-26/h6-9,14-16,20,27H,4-5,10-13,17H2,1-3H3/p+2/t20-/m0/s1. The van der Waals surface area contributed by atoms with E-state index in [0.29, 0.717) is 11.8 Å². The molecule has 3 N–H and O–H groups in total. The second-order valence-electron chi connectivity index (χ2n) is 7.59. The molecular formula is C22H34N4OS+2. The second-order valence-corrected chi connectivity index (χ2v) is 8.57. The highest BCUT2D eigenvalue weighted by Gasteiger charge is 2.29. The van der Waals surface area contributed by atoms with Crippen LogP contribution < -0.4 is 14.7 Å². The highest BCUT2D eigenvalue weighted by Crippen LogP contribution is 2.24. The Morgan fingerprint density at radius 3 is 2.54 bits per heavy atom. The van der Waals surface area contributed by atoms with Gasteiger partial charge in [0.25, 0.3) is 0 Å². The van der Waals surface area contributed by atoms with Gasteiger partial charge in [0, 0.05) is 36.6 Å². The van der Waals surface area contributed by atoms with Crippen LogP contribution in [0.4, 0.5) is 5.69 Å². The normalized spacial score (nSPS) is 21.1. The summed E-state index contributed by atoms with van der Waals surface area (Å²) in [5.41, 5.74) is 1.85. The Labute approximate surface area is 172 Å². The molecule has 0 radical (unpaired) electrons. The van der Waals surface area contributed by atoms with Gasteiger partial charge >= 0.3 is 0 Å². The van der Waals surface area contributed by atoms with E-state index in [1.54, 1.807) is 9.80 Å². The first kappa shape index (κ1) is 20.8. The van der Waals surface area contributed by atoms with Crippen LogP contribution in [0.2, 0.25) is 0 Å². The van der Waals surface area contributed by atoms with Crippen LogP contribution in [0.25, 0.3) is 0 Å². The topological polar surface area (TPSA) is 44.7 Å². The first-order valence-electron chi connectivity index (χ1n) is 10.4. The van der Waals surface area contributed by atoms with Crippen LogP contribution in [-0.4, -0.2) is 64.2 Å². The zero-order chi connectivity index (χ0) is 19.9. The lowest BCUT2D eigenvalue weighted by Gasteiger charge is -2.32. The van der Waals surface area contributed by atoms with Crippen LogP contribution in [0, 0.1) is 0 Å². The van der Waals surface area contributed by atoms with Crippen molar-refractivity contribution in [2.45, 2.75) is 19.9 Å². The van der Waals surface area contributed by atoms with Crippen molar-refractivity contribution in [3.8, 4) is 5.75 Å². The van der Waals surface area contributed by atoms with E-state index >= 15 is 0 Å². The Hall–Kier alpha value is -1.89. The van der Waals surface area contributed by atoms with Crippen molar-refractivity contribution in [2.75, 3.05) is 57.8 Å². The average Bonchev–Trinajstić information content (AvgIpc) is 3.23. The summed E-state index contributed by atoms with van der Waals surface area (Å²) in [4.78, 5) is 11.6. The molecule has 28 heavy (non-hydrogen) atoms. The summed E-state index contributed by atoms with van der Waals surface area (Å²) in [7, 11) is 2.28. The number of hydrogen-bond donors (Lipinski definition) is 3. The van der Waals surface area contributed by atoms with Crippen LogP contribution in [-0.2, 0) is 0 Å². The lowest BCUT2D eigenvalue weighted by molar-refractivity contribution is -1.02. The molecule has 1 aliphatic rings. The minimum atomic E-state index is 0.302. The van der Waals surface area contributed by atoms with Gasteiger partial charge in [-0.1, -0.05) is 6.07 Å². The van der Waals surface area contributed by atoms with E-state index in [1.807, 2.05) is 29.7 Å². The number of phenols is 1. The number of aromatic hydroxyl groups is 1. The Kier molecular flexibility index (Phi) is 7.48. The molecule has 0 saturated carbocycles. The second kappa shape index (κ2) is 10.0. The maximum Gasteiger partial charge on any atom is 0.142 e. The molecule has 5 nitrogen and oxygen atoms in total. The van der Waals surface area contributed by atoms with Gasteiger partial charge in [-0.05, 0) is 37.4 Å². The number of piperazine rings is 1. The van der Waals surface area contributed by atoms with Crippen molar-refractivity contribution in [2.24, 2.45) is 4.99 Å². The van der Waals surface area contributed by atoms with Crippen molar-refractivity contribution >= 4 is 23.2 Å². The summed E-state index contributed by atoms with van der Waals surface area (Å²) >= 11 is 1.83. The number of thiophene rings is 1. The number of nitrogens with one attached hydrogen (secondary N) is 2. The Balaban J connectivity index is 1.70. The van der Waals surface area contributed by atoms with E-state index in [0.717, 1.165) is 30.9 Å². The summed E-state index contributed by atoms with van der Waals surface area (Å²) < 4.78 is 0. The van der Waals surface area contributed by atoms with Gasteiger partial charge in [-0.25, -0.2) is 0 Å². The molecule has 0 unspecified atom stereocenters. The molecule has 2 heterocycles. The molecule has 0 bridgehead atoms. The monoisotopic (exact) mass is 402 g/mol. The highest BCUT2D eigenvalue weighted by molar-refractivity contribution is 7.10. The largest absolute Gasteiger partial charge is 0.507 e. The van der Waals surface area contributed by atoms with Gasteiger partial charge in [0.15, 0.2) is 0 Å². The van der Waals surface area contributed by atoms with Gasteiger partial charge in [-0.3, -0.25) is 4.99 Å². The summed E-state index contributed by atoms with van der Waals surface area (Å²) in [6.07, 6.45) is 1.84.